The van der Waals surface area contributed by atoms with Crippen molar-refractivity contribution in [1.82, 2.24) is 4.90 Å². The number of ketones is 1. The molecule has 2 aromatic carbocycles. The first-order valence-corrected chi connectivity index (χ1v) is 11.7. The van der Waals surface area contributed by atoms with Crippen molar-refractivity contribution in [2.75, 3.05) is 34.1 Å². The van der Waals surface area contributed by atoms with Crippen molar-refractivity contribution in [3.8, 4) is 11.5 Å². The summed E-state index contributed by atoms with van der Waals surface area (Å²) >= 11 is 0. The van der Waals surface area contributed by atoms with E-state index in [4.69, 9.17) is 29.2 Å². The van der Waals surface area contributed by atoms with E-state index in [9.17, 15) is 14.4 Å². The third-order valence-electron chi connectivity index (χ3n) is 5.49. The number of ether oxygens (including phenoxy) is 5. The van der Waals surface area contributed by atoms with Crippen LogP contribution in [-0.4, -0.2) is 74.6 Å². The van der Waals surface area contributed by atoms with Crippen LogP contribution < -0.4 is 9.47 Å². The Hall–Kier alpha value is -4.28. The van der Waals surface area contributed by atoms with Crippen LogP contribution in [0.5, 0.6) is 11.5 Å². The van der Waals surface area contributed by atoms with Gasteiger partial charge in [-0.2, -0.15) is 0 Å². The highest BCUT2D eigenvalue weighted by molar-refractivity contribution is 6.11. The molecule has 3 rings (SSSR count). The van der Waals surface area contributed by atoms with Gasteiger partial charge in [0.1, 0.15) is 23.2 Å². The third-order valence-corrected chi connectivity index (χ3v) is 5.49. The molecular weight excluding hydrogens is 496 g/mol. The fourth-order valence-corrected chi connectivity index (χ4v) is 3.71. The summed E-state index contributed by atoms with van der Waals surface area (Å²) in [4.78, 5) is 42.6. The number of benzene rings is 2. The molecule has 0 N–H and O–H groups in total. The Balaban J connectivity index is 1.73. The van der Waals surface area contributed by atoms with Crippen LogP contribution in [0, 0.1) is 0 Å². The zero-order chi connectivity index (χ0) is 27.9. The number of methoxy groups -OCH3 is 2. The maximum atomic E-state index is 13.2. The van der Waals surface area contributed by atoms with Gasteiger partial charge in [0.05, 0.1) is 30.8 Å². The van der Waals surface area contributed by atoms with Gasteiger partial charge in [-0.15, -0.1) is 0 Å². The van der Waals surface area contributed by atoms with Crippen molar-refractivity contribution >= 4 is 17.8 Å². The molecule has 12 nitrogen and oxygen atoms in total. The highest BCUT2D eigenvalue weighted by atomic mass is 16.7. The molecule has 0 bridgehead atoms. The number of hydrogen-bond donors (Lipinski definition) is 0. The zero-order valence-electron chi connectivity index (χ0n) is 21.9. The van der Waals surface area contributed by atoms with Crippen LogP contribution in [-0.2, 0) is 14.2 Å². The van der Waals surface area contributed by atoms with E-state index in [-0.39, 0.29) is 36.8 Å². The number of carbonyl (C=O) groups is 3. The minimum absolute atomic E-state index is 0.0149. The molecule has 1 amide bonds. The minimum Gasteiger partial charge on any atom is -0.497 e. The minimum atomic E-state index is -0.857. The number of likely N-dealkylation sites (tertiary alicyclic amines) is 1. The van der Waals surface area contributed by atoms with Crippen molar-refractivity contribution in [3.05, 3.63) is 69.6 Å². The lowest BCUT2D eigenvalue weighted by atomic mass is 10.0. The number of amides is 1. The van der Waals surface area contributed by atoms with Crippen LogP contribution in [0.25, 0.3) is 10.4 Å². The molecule has 38 heavy (non-hydrogen) atoms. The average Bonchev–Trinajstić information content (AvgIpc) is 3.28. The van der Waals surface area contributed by atoms with Crippen LogP contribution >= 0.6 is 0 Å². The fraction of sp³-hybridized carbons (Fsp3) is 0.423. The van der Waals surface area contributed by atoms with E-state index in [1.807, 2.05) is 0 Å². The van der Waals surface area contributed by atoms with Crippen molar-refractivity contribution in [2.24, 2.45) is 5.11 Å². The Morgan fingerprint density at radius 1 is 1.05 bits per heavy atom. The summed E-state index contributed by atoms with van der Waals surface area (Å²) in [5.74, 6) is -0.239. The molecule has 0 aromatic heterocycles. The SMILES string of the molecule is COCOc1ccc(OC)cc1C(=O)c1ccc(C(=O)OC2CN(C(=O)OC(C)(C)C)CC2N=[N+]=[N-])cc1. The first-order chi connectivity index (χ1) is 18.1. The molecule has 1 fully saturated rings. The summed E-state index contributed by atoms with van der Waals surface area (Å²) < 4.78 is 26.6. The molecule has 0 aliphatic carbocycles. The number of rotatable bonds is 9. The van der Waals surface area contributed by atoms with Crippen molar-refractivity contribution in [3.63, 3.8) is 0 Å². The van der Waals surface area contributed by atoms with Crippen molar-refractivity contribution in [2.45, 2.75) is 38.5 Å². The smallest absolute Gasteiger partial charge is 0.410 e. The number of esters is 1. The first-order valence-electron chi connectivity index (χ1n) is 11.7. The molecule has 1 aliphatic heterocycles. The summed E-state index contributed by atoms with van der Waals surface area (Å²) in [6.45, 7) is 5.23. The highest BCUT2D eigenvalue weighted by Crippen LogP contribution is 2.27. The molecular formula is C26H30N4O8. The highest BCUT2D eigenvalue weighted by Gasteiger charge is 2.39. The summed E-state index contributed by atoms with van der Waals surface area (Å²) in [5.41, 5.74) is 8.95. The molecule has 0 saturated carbocycles. The van der Waals surface area contributed by atoms with E-state index in [1.54, 1.807) is 39.0 Å². The van der Waals surface area contributed by atoms with Gasteiger partial charge < -0.3 is 28.6 Å². The maximum Gasteiger partial charge on any atom is 0.410 e. The molecule has 2 atom stereocenters. The topological polar surface area (TPSA) is 149 Å². The van der Waals surface area contributed by atoms with E-state index in [0.717, 1.165) is 0 Å². The van der Waals surface area contributed by atoms with Gasteiger partial charge in [0.25, 0.3) is 0 Å². The second-order valence-corrected chi connectivity index (χ2v) is 9.42. The Kier molecular flexibility index (Phi) is 9.16. The summed E-state index contributed by atoms with van der Waals surface area (Å²) in [7, 11) is 2.96. The molecule has 1 aliphatic rings. The molecule has 2 aromatic rings. The number of hydrogen-bond acceptors (Lipinski definition) is 9. The Morgan fingerprint density at radius 2 is 1.74 bits per heavy atom. The summed E-state index contributed by atoms with van der Waals surface area (Å²) in [5, 5.41) is 3.67. The van der Waals surface area contributed by atoms with E-state index in [2.05, 4.69) is 10.0 Å². The van der Waals surface area contributed by atoms with Gasteiger partial charge in [0.15, 0.2) is 12.6 Å². The molecule has 12 heteroatoms. The lowest BCUT2D eigenvalue weighted by Gasteiger charge is -2.24. The molecule has 202 valence electrons. The van der Waals surface area contributed by atoms with Crippen LogP contribution in [0.4, 0.5) is 4.79 Å². The largest absolute Gasteiger partial charge is 0.497 e. The second kappa shape index (κ2) is 12.3. The van der Waals surface area contributed by atoms with E-state index in [0.29, 0.717) is 17.1 Å². The van der Waals surface area contributed by atoms with Gasteiger partial charge in [0, 0.05) is 24.1 Å². The fourth-order valence-electron chi connectivity index (χ4n) is 3.71. The second-order valence-electron chi connectivity index (χ2n) is 9.42. The molecule has 0 radical (unpaired) electrons. The standard InChI is InChI=1S/C26H30N4O8/c1-26(2,3)38-25(33)30-13-20(28-29-27)22(14-30)37-24(32)17-8-6-16(7-9-17)23(31)19-12-18(35-5)10-11-21(19)36-15-34-4/h6-12,20,22H,13-15H2,1-5H3. The van der Waals surface area contributed by atoms with Gasteiger partial charge in [0.2, 0.25) is 0 Å². The molecule has 2 unspecified atom stereocenters. The van der Waals surface area contributed by atoms with Crippen molar-refractivity contribution in [1.29, 1.82) is 0 Å². The van der Waals surface area contributed by atoms with E-state index in [1.165, 1.54) is 43.4 Å². The Bertz CT molecular complexity index is 1220. The Labute approximate surface area is 220 Å². The normalized spacial score (nSPS) is 16.8. The van der Waals surface area contributed by atoms with Gasteiger partial charge in [-0.3, -0.25) is 4.79 Å². The van der Waals surface area contributed by atoms with Crippen LogP contribution in [0.3, 0.4) is 0 Å². The molecule has 0 spiro atoms. The lowest BCUT2D eigenvalue weighted by Crippen LogP contribution is -2.36. The number of azide groups is 1. The zero-order valence-corrected chi connectivity index (χ0v) is 21.9. The van der Waals surface area contributed by atoms with Crippen LogP contribution in [0.2, 0.25) is 0 Å². The number of nitrogens with zero attached hydrogens (tertiary/aromatic N) is 4. The predicted octanol–water partition coefficient (Wildman–Crippen LogP) is 4.36. The molecule has 1 heterocycles. The number of carbonyl (C=O) groups excluding carboxylic acids is 3. The monoisotopic (exact) mass is 526 g/mol. The van der Waals surface area contributed by atoms with E-state index >= 15 is 0 Å². The third kappa shape index (κ3) is 7.15. The van der Waals surface area contributed by atoms with Gasteiger partial charge in [-0.25, -0.2) is 9.59 Å². The maximum absolute atomic E-state index is 13.2. The first kappa shape index (κ1) is 28.3. The lowest BCUT2D eigenvalue weighted by molar-refractivity contribution is 0.0184. The van der Waals surface area contributed by atoms with Crippen LogP contribution in [0.15, 0.2) is 47.6 Å². The van der Waals surface area contributed by atoms with E-state index < -0.39 is 29.8 Å². The predicted molar refractivity (Wildman–Crippen MR) is 135 cm³/mol. The molecule has 1 saturated heterocycles. The average molecular weight is 527 g/mol. The Morgan fingerprint density at radius 3 is 2.34 bits per heavy atom. The summed E-state index contributed by atoms with van der Waals surface area (Å²) in [6, 6.07) is 9.95. The van der Waals surface area contributed by atoms with Gasteiger partial charge in [-0.05, 0) is 56.6 Å². The van der Waals surface area contributed by atoms with Crippen molar-refractivity contribution < 1.29 is 38.1 Å². The van der Waals surface area contributed by atoms with Gasteiger partial charge in [-0.1, -0.05) is 17.2 Å². The van der Waals surface area contributed by atoms with Gasteiger partial charge >= 0.3 is 12.1 Å². The van der Waals surface area contributed by atoms with Crippen LogP contribution in [0.1, 0.15) is 47.1 Å². The quantitative estimate of drug-likeness (QED) is 0.117. The summed E-state index contributed by atoms with van der Waals surface area (Å²) in [6.07, 6.45) is -1.45.